The Morgan fingerprint density at radius 3 is 3.00 bits per heavy atom. The van der Waals surface area contributed by atoms with Crippen molar-refractivity contribution >= 4 is 17.2 Å². The first-order valence-electron chi connectivity index (χ1n) is 7.75. The molecule has 0 bridgehead atoms. The molecule has 1 N–H and O–H groups in total. The van der Waals surface area contributed by atoms with E-state index in [1.54, 1.807) is 6.20 Å². The lowest BCUT2D eigenvalue weighted by atomic mass is 10.0. The van der Waals surface area contributed by atoms with Crippen LogP contribution in [-0.4, -0.2) is 34.1 Å². The van der Waals surface area contributed by atoms with Crippen LogP contribution in [0.1, 0.15) is 50.7 Å². The fourth-order valence-corrected chi connectivity index (χ4v) is 3.48. The highest BCUT2D eigenvalue weighted by molar-refractivity contribution is 7.13. The van der Waals surface area contributed by atoms with E-state index >= 15 is 0 Å². The average molecular weight is 332 g/mol. The molecule has 3 heterocycles. The van der Waals surface area contributed by atoms with Gasteiger partial charge in [-0.15, -0.1) is 11.3 Å². The second-order valence-electron chi connectivity index (χ2n) is 5.65. The Kier molecular flexibility index (Phi) is 4.97. The van der Waals surface area contributed by atoms with Gasteiger partial charge < -0.3 is 10.1 Å². The summed E-state index contributed by atoms with van der Waals surface area (Å²) in [4.78, 5) is 26.1. The van der Waals surface area contributed by atoms with Crippen molar-refractivity contribution in [3.63, 3.8) is 0 Å². The minimum absolute atomic E-state index is 0.103. The third-order valence-electron chi connectivity index (χ3n) is 3.80. The molecule has 1 aliphatic heterocycles. The molecule has 0 aromatic carbocycles. The molecule has 1 atom stereocenters. The Bertz CT molecular complexity index is 695. The Morgan fingerprint density at radius 2 is 2.30 bits per heavy atom. The van der Waals surface area contributed by atoms with Gasteiger partial charge in [-0.1, -0.05) is 0 Å². The van der Waals surface area contributed by atoms with E-state index in [1.165, 1.54) is 11.3 Å². The predicted octanol–water partition coefficient (Wildman–Crippen LogP) is 2.37. The van der Waals surface area contributed by atoms with Gasteiger partial charge >= 0.3 is 0 Å². The number of thiazole rings is 1. The third-order valence-corrected chi connectivity index (χ3v) is 4.87. The second kappa shape index (κ2) is 7.14. The zero-order valence-electron chi connectivity index (χ0n) is 13.3. The molecule has 23 heavy (non-hydrogen) atoms. The van der Waals surface area contributed by atoms with Gasteiger partial charge in [0.25, 0.3) is 5.91 Å². The fraction of sp³-hybridized carbons (Fsp3) is 0.500. The van der Waals surface area contributed by atoms with Crippen molar-refractivity contribution in [2.24, 2.45) is 0 Å². The lowest BCUT2D eigenvalue weighted by Gasteiger charge is -2.20. The smallest absolute Gasteiger partial charge is 0.263 e. The van der Waals surface area contributed by atoms with Crippen molar-refractivity contribution in [1.82, 2.24) is 20.3 Å². The molecule has 2 aromatic rings. The predicted molar refractivity (Wildman–Crippen MR) is 87.6 cm³/mol. The van der Waals surface area contributed by atoms with Crippen molar-refractivity contribution in [3.8, 4) is 0 Å². The maximum absolute atomic E-state index is 12.2. The van der Waals surface area contributed by atoms with Crippen LogP contribution in [0.5, 0.6) is 0 Å². The van der Waals surface area contributed by atoms with Gasteiger partial charge in [0.05, 0.1) is 29.5 Å². The van der Waals surface area contributed by atoms with Gasteiger partial charge in [-0.2, -0.15) is 0 Å². The van der Waals surface area contributed by atoms with E-state index in [-0.39, 0.29) is 11.8 Å². The Balaban J connectivity index is 1.64. The maximum Gasteiger partial charge on any atom is 0.263 e. The van der Waals surface area contributed by atoms with Gasteiger partial charge in [-0.05, 0) is 32.8 Å². The van der Waals surface area contributed by atoms with Crippen LogP contribution in [0.4, 0.5) is 0 Å². The first-order valence-corrected chi connectivity index (χ1v) is 8.57. The number of aryl methyl sites for hydroxylation is 2. The molecule has 3 rings (SSSR count). The van der Waals surface area contributed by atoms with Gasteiger partial charge in [0, 0.05) is 18.7 Å². The average Bonchev–Trinajstić information content (AvgIpc) is 2.92. The molecule has 0 aliphatic carbocycles. The van der Waals surface area contributed by atoms with Crippen LogP contribution in [0.3, 0.4) is 0 Å². The zero-order chi connectivity index (χ0) is 16.2. The summed E-state index contributed by atoms with van der Waals surface area (Å²) in [5.74, 6) is 0.960. The molecule has 1 aliphatic rings. The van der Waals surface area contributed by atoms with E-state index < -0.39 is 0 Å². The number of hydrogen-bond acceptors (Lipinski definition) is 6. The fourth-order valence-electron chi connectivity index (χ4n) is 2.65. The summed E-state index contributed by atoms with van der Waals surface area (Å²) in [6.45, 7) is 5.63. The standard InChI is InChI=1S/C16H20N4O2S/c1-10-14(23-11(2)19-10)16(21)18-8-13-5-6-17-15(20-13)12-4-3-7-22-9-12/h5-6,12H,3-4,7-9H2,1-2H3,(H,18,21)/t12-/m0/s1. The quantitative estimate of drug-likeness (QED) is 0.930. The second-order valence-corrected chi connectivity index (χ2v) is 6.85. The highest BCUT2D eigenvalue weighted by Crippen LogP contribution is 2.22. The maximum atomic E-state index is 12.2. The van der Waals surface area contributed by atoms with Gasteiger partial charge in [0.15, 0.2) is 0 Å². The van der Waals surface area contributed by atoms with Crippen LogP contribution < -0.4 is 5.32 Å². The van der Waals surface area contributed by atoms with E-state index in [9.17, 15) is 4.79 Å². The molecule has 0 unspecified atom stereocenters. The van der Waals surface area contributed by atoms with Crippen LogP contribution in [-0.2, 0) is 11.3 Å². The van der Waals surface area contributed by atoms with Gasteiger partial charge in [-0.3, -0.25) is 4.79 Å². The minimum Gasteiger partial charge on any atom is -0.381 e. The first kappa shape index (κ1) is 16.0. The molecular formula is C16H20N4O2S. The topological polar surface area (TPSA) is 77.0 Å². The van der Waals surface area contributed by atoms with Gasteiger partial charge in [-0.25, -0.2) is 15.0 Å². The summed E-state index contributed by atoms with van der Waals surface area (Å²) in [5, 5.41) is 3.81. The number of nitrogens with one attached hydrogen (secondary N) is 1. The molecule has 1 fully saturated rings. The summed E-state index contributed by atoms with van der Waals surface area (Å²) in [5.41, 5.74) is 1.58. The molecular weight excluding hydrogens is 312 g/mol. The van der Waals surface area contributed by atoms with Crippen LogP contribution in [0.15, 0.2) is 12.3 Å². The summed E-state index contributed by atoms with van der Waals surface area (Å²) in [6.07, 6.45) is 3.84. The van der Waals surface area contributed by atoms with Crippen LogP contribution in [0, 0.1) is 13.8 Å². The van der Waals surface area contributed by atoms with E-state index in [1.807, 2.05) is 19.9 Å². The van der Waals surface area contributed by atoms with Crippen LogP contribution in [0.2, 0.25) is 0 Å². The molecule has 0 radical (unpaired) electrons. The largest absolute Gasteiger partial charge is 0.381 e. The van der Waals surface area contributed by atoms with Crippen molar-refractivity contribution < 1.29 is 9.53 Å². The van der Waals surface area contributed by atoms with E-state index in [0.717, 1.165) is 41.7 Å². The molecule has 1 saturated heterocycles. The SMILES string of the molecule is Cc1nc(C)c(C(=O)NCc2ccnc([C@H]3CCCOC3)n2)s1. The van der Waals surface area contributed by atoms with E-state index in [0.29, 0.717) is 18.0 Å². The van der Waals surface area contributed by atoms with Gasteiger partial charge in [0.1, 0.15) is 10.7 Å². The van der Waals surface area contributed by atoms with Crippen LogP contribution >= 0.6 is 11.3 Å². The number of aromatic nitrogens is 3. The summed E-state index contributed by atoms with van der Waals surface area (Å²) in [7, 11) is 0. The van der Waals surface area contributed by atoms with E-state index in [2.05, 4.69) is 20.3 Å². The number of nitrogens with zero attached hydrogens (tertiary/aromatic N) is 3. The van der Waals surface area contributed by atoms with Crippen molar-refractivity contribution in [2.45, 2.75) is 39.2 Å². The lowest BCUT2D eigenvalue weighted by molar-refractivity contribution is 0.0779. The third kappa shape index (κ3) is 3.92. The molecule has 122 valence electrons. The Labute approximate surface area is 139 Å². The summed E-state index contributed by atoms with van der Waals surface area (Å²) < 4.78 is 5.49. The first-order chi connectivity index (χ1) is 11.1. The molecule has 2 aromatic heterocycles. The number of amides is 1. The molecule has 0 spiro atoms. The molecule has 7 heteroatoms. The van der Waals surface area contributed by atoms with Gasteiger partial charge in [0.2, 0.25) is 0 Å². The number of ether oxygens (including phenoxy) is 1. The monoisotopic (exact) mass is 332 g/mol. The zero-order valence-corrected chi connectivity index (χ0v) is 14.2. The van der Waals surface area contributed by atoms with Crippen molar-refractivity contribution in [2.75, 3.05) is 13.2 Å². The van der Waals surface area contributed by atoms with Crippen molar-refractivity contribution in [1.29, 1.82) is 0 Å². The normalized spacial score (nSPS) is 17.9. The molecule has 1 amide bonds. The number of rotatable bonds is 4. The number of carbonyl (C=O) groups excluding carboxylic acids is 1. The molecule has 0 saturated carbocycles. The summed E-state index contributed by atoms with van der Waals surface area (Å²) >= 11 is 1.41. The number of hydrogen-bond donors (Lipinski definition) is 1. The van der Waals surface area contributed by atoms with Crippen molar-refractivity contribution in [3.05, 3.63) is 39.4 Å². The Hall–Kier alpha value is -1.86. The highest BCUT2D eigenvalue weighted by atomic mass is 32.1. The van der Waals surface area contributed by atoms with Crippen LogP contribution in [0.25, 0.3) is 0 Å². The lowest BCUT2D eigenvalue weighted by Crippen LogP contribution is -2.24. The molecule has 6 nitrogen and oxygen atoms in total. The Morgan fingerprint density at radius 1 is 1.43 bits per heavy atom. The summed E-state index contributed by atoms with van der Waals surface area (Å²) in [6, 6.07) is 1.83. The minimum atomic E-state index is -0.103. The van der Waals surface area contributed by atoms with E-state index in [4.69, 9.17) is 4.74 Å². The highest BCUT2D eigenvalue weighted by Gasteiger charge is 2.19. The number of carbonyl (C=O) groups is 1.